The number of H-pyrrole nitrogens is 1. The number of hydrogen-bond donors (Lipinski definition) is 2. The molecule has 0 saturated heterocycles. The minimum atomic E-state index is -0.299. The number of carbonyl (C=O) groups is 1. The maximum atomic E-state index is 12.2. The summed E-state index contributed by atoms with van der Waals surface area (Å²) in [6.45, 7) is 2.08. The number of para-hydroxylation sites is 1. The van der Waals surface area contributed by atoms with Gasteiger partial charge in [-0.2, -0.15) is 4.98 Å². The van der Waals surface area contributed by atoms with E-state index in [1.54, 1.807) is 6.07 Å². The van der Waals surface area contributed by atoms with Gasteiger partial charge in [-0.05, 0) is 30.0 Å². The fraction of sp³-hybridized carbons (Fsp3) is 0.143. The number of rotatable bonds is 5. The van der Waals surface area contributed by atoms with Gasteiger partial charge in [0.25, 0.3) is 5.56 Å². The van der Waals surface area contributed by atoms with E-state index in [-0.39, 0.29) is 30.3 Å². The monoisotopic (exact) mass is 374 g/mol. The molecule has 4 aromatic rings. The van der Waals surface area contributed by atoms with Crippen molar-refractivity contribution in [3.05, 3.63) is 82.0 Å². The smallest absolute Gasteiger partial charge is 0.253 e. The molecule has 2 heterocycles. The van der Waals surface area contributed by atoms with Crippen LogP contribution in [-0.2, 0) is 17.8 Å². The molecule has 0 aliphatic heterocycles. The summed E-state index contributed by atoms with van der Waals surface area (Å²) in [5.74, 6) is 0.377. The Morgan fingerprint density at radius 2 is 1.93 bits per heavy atom. The molecule has 2 N–H and O–H groups in total. The lowest BCUT2D eigenvalue weighted by Gasteiger charge is -2.05. The van der Waals surface area contributed by atoms with E-state index in [2.05, 4.69) is 20.4 Å². The van der Waals surface area contributed by atoms with Gasteiger partial charge in [-0.1, -0.05) is 47.6 Å². The Morgan fingerprint density at radius 1 is 1.14 bits per heavy atom. The van der Waals surface area contributed by atoms with Crippen LogP contribution in [0.5, 0.6) is 0 Å². The molecule has 0 atom stereocenters. The van der Waals surface area contributed by atoms with Crippen molar-refractivity contribution in [3.63, 3.8) is 0 Å². The second-order valence-corrected chi connectivity index (χ2v) is 6.49. The number of benzene rings is 2. The van der Waals surface area contributed by atoms with Gasteiger partial charge in [0.15, 0.2) is 0 Å². The van der Waals surface area contributed by atoms with Crippen molar-refractivity contribution in [2.75, 3.05) is 0 Å². The number of aromatic nitrogens is 3. The van der Waals surface area contributed by atoms with Crippen molar-refractivity contribution in [2.45, 2.75) is 19.9 Å². The predicted octanol–water partition coefficient (Wildman–Crippen LogP) is 2.75. The molecule has 28 heavy (non-hydrogen) atoms. The summed E-state index contributed by atoms with van der Waals surface area (Å²) >= 11 is 0. The largest absolute Gasteiger partial charge is 0.351 e. The summed E-state index contributed by atoms with van der Waals surface area (Å²) in [5, 5.41) is 7.58. The molecule has 4 rings (SSSR count). The summed E-state index contributed by atoms with van der Waals surface area (Å²) in [4.78, 5) is 31.5. The van der Waals surface area contributed by atoms with E-state index >= 15 is 0 Å². The Hall–Kier alpha value is -3.74. The predicted molar refractivity (Wildman–Crippen MR) is 105 cm³/mol. The lowest BCUT2D eigenvalue weighted by Crippen LogP contribution is -2.28. The van der Waals surface area contributed by atoms with Gasteiger partial charge >= 0.3 is 0 Å². The Balaban J connectivity index is 1.42. The number of nitrogens with one attached hydrogen (secondary N) is 2. The van der Waals surface area contributed by atoms with Gasteiger partial charge in [0.05, 0.1) is 0 Å². The number of aromatic amines is 1. The molecule has 2 aromatic heterocycles. The number of amides is 1. The summed E-state index contributed by atoms with van der Waals surface area (Å²) in [7, 11) is 0. The fourth-order valence-corrected chi connectivity index (χ4v) is 2.98. The number of pyridine rings is 1. The maximum absolute atomic E-state index is 12.2. The normalized spacial score (nSPS) is 10.9. The Bertz CT molecular complexity index is 1210. The van der Waals surface area contributed by atoms with Gasteiger partial charge in [-0.3, -0.25) is 9.59 Å². The minimum absolute atomic E-state index is 0.0512. The van der Waals surface area contributed by atoms with E-state index in [0.717, 1.165) is 22.0 Å². The van der Waals surface area contributed by atoms with Crippen molar-refractivity contribution in [1.82, 2.24) is 20.4 Å². The van der Waals surface area contributed by atoms with E-state index in [1.165, 1.54) is 0 Å². The second kappa shape index (κ2) is 7.48. The third-order valence-electron chi connectivity index (χ3n) is 4.47. The Labute approximate surface area is 160 Å². The molecule has 140 valence electrons. The lowest BCUT2D eigenvalue weighted by molar-refractivity contribution is -0.120. The van der Waals surface area contributed by atoms with Crippen LogP contribution in [0.1, 0.15) is 17.0 Å². The molecule has 2 aromatic carbocycles. The third-order valence-corrected chi connectivity index (χ3v) is 4.47. The highest BCUT2D eigenvalue weighted by Gasteiger charge is 2.14. The summed E-state index contributed by atoms with van der Waals surface area (Å²) < 4.78 is 5.19. The molecule has 0 bridgehead atoms. The van der Waals surface area contributed by atoms with Crippen molar-refractivity contribution in [3.8, 4) is 11.4 Å². The highest BCUT2D eigenvalue weighted by Crippen LogP contribution is 2.19. The van der Waals surface area contributed by atoms with Crippen molar-refractivity contribution >= 4 is 16.8 Å². The zero-order valence-electron chi connectivity index (χ0n) is 15.2. The summed E-state index contributed by atoms with van der Waals surface area (Å²) in [5.41, 5.74) is 2.91. The van der Waals surface area contributed by atoms with Crippen LogP contribution in [0.3, 0.4) is 0 Å². The molecule has 0 radical (unpaired) electrons. The molecular formula is C21H18N4O3. The second-order valence-electron chi connectivity index (χ2n) is 6.49. The molecule has 7 nitrogen and oxygen atoms in total. The first-order chi connectivity index (χ1) is 13.6. The molecule has 0 saturated carbocycles. The highest BCUT2D eigenvalue weighted by atomic mass is 16.5. The molecule has 0 aliphatic carbocycles. The first-order valence-electron chi connectivity index (χ1n) is 8.86. The molecule has 1 amide bonds. The summed E-state index contributed by atoms with van der Waals surface area (Å²) in [6, 6.07) is 16.9. The van der Waals surface area contributed by atoms with Gasteiger partial charge in [-0.25, -0.2) is 0 Å². The van der Waals surface area contributed by atoms with E-state index in [4.69, 9.17) is 4.52 Å². The Morgan fingerprint density at radius 3 is 2.79 bits per heavy atom. The molecule has 0 unspecified atom stereocenters. The SMILES string of the molecule is Cc1ccccc1-c1noc(CC(=O)NCc2cc3ccccc3[nH]c2=O)n1. The average molecular weight is 374 g/mol. The van der Waals surface area contributed by atoms with E-state index in [1.807, 2.05) is 55.5 Å². The standard InChI is InChI=1S/C21H18N4O3/c1-13-6-2-4-8-16(13)20-24-19(28-25-20)11-18(26)22-12-15-10-14-7-3-5-9-17(14)23-21(15)27/h2-10H,11-12H2,1H3,(H,22,26)(H,23,27). The van der Waals surface area contributed by atoms with Crippen LogP contribution in [0, 0.1) is 6.92 Å². The van der Waals surface area contributed by atoms with E-state index in [0.29, 0.717) is 11.4 Å². The quantitative estimate of drug-likeness (QED) is 0.559. The van der Waals surface area contributed by atoms with Crippen molar-refractivity contribution in [1.29, 1.82) is 0 Å². The fourth-order valence-electron chi connectivity index (χ4n) is 2.98. The third kappa shape index (κ3) is 3.68. The number of hydrogen-bond acceptors (Lipinski definition) is 5. The van der Waals surface area contributed by atoms with Crippen LogP contribution in [0.2, 0.25) is 0 Å². The van der Waals surface area contributed by atoms with Crippen LogP contribution in [0.15, 0.2) is 63.9 Å². The average Bonchev–Trinajstić information content (AvgIpc) is 3.14. The topological polar surface area (TPSA) is 101 Å². The maximum Gasteiger partial charge on any atom is 0.253 e. The lowest BCUT2D eigenvalue weighted by atomic mass is 10.1. The van der Waals surface area contributed by atoms with Crippen LogP contribution in [-0.4, -0.2) is 21.0 Å². The van der Waals surface area contributed by atoms with Crippen LogP contribution >= 0.6 is 0 Å². The van der Waals surface area contributed by atoms with Crippen LogP contribution in [0.4, 0.5) is 0 Å². The van der Waals surface area contributed by atoms with Gasteiger partial charge in [0, 0.05) is 23.2 Å². The zero-order valence-corrected chi connectivity index (χ0v) is 15.2. The highest BCUT2D eigenvalue weighted by molar-refractivity contribution is 5.80. The Kier molecular flexibility index (Phi) is 4.72. The molecule has 0 fully saturated rings. The first-order valence-corrected chi connectivity index (χ1v) is 8.86. The van der Waals surface area contributed by atoms with Gasteiger partial charge in [0.2, 0.25) is 17.6 Å². The van der Waals surface area contributed by atoms with Gasteiger partial charge < -0.3 is 14.8 Å². The van der Waals surface area contributed by atoms with Crippen molar-refractivity contribution < 1.29 is 9.32 Å². The van der Waals surface area contributed by atoms with E-state index in [9.17, 15) is 9.59 Å². The van der Waals surface area contributed by atoms with Gasteiger partial charge in [-0.15, -0.1) is 0 Å². The molecular weight excluding hydrogens is 356 g/mol. The summed E-state index contributed by atoms with van der Waals surface area (Å²) in [6.07, 6.45) is -0.0512. The van der Waals surface area contributed by atoms with Crippen molar-refractivity contribution in [2.24, 2.45) is 0 Å². The first kappa shape index (κ1) is 17.7. The van der Waals surface area contributed by atoms with Crippen LogP contribution < -0.4 is 10.9 Å². The number of nitrogens with zero attached hydrogens (tertiary/aromatic N) is 2. The molecule has 0 aliphatic rings. The zero-order chi connectivity index (χ0) is 19.5. The number of fused-ring (bicyclic) bond motifs is 1. The molecule has 7 heteroatoms. The molecule has 0 spiro atoms. The van der Waals surface area contributed by atoms with E-state index < -0.39 is 0 Å². The number of aryl methyl sites for hydroxylation is 1. The number of carbonyl (C=O) groups excluding carboxylic acids is 1. The van der Waals surface area contributed by atoms with Crippen LogP contribution in [0.25, 0.3) is 22.3 Å². The van der Waals surface area contributed by atoms with Gasteiger partial charge in [0.1, 0.15) is 6.42 Å². The minimum Gasteiger partial charge on any atom is -0.351 e.